The molecule has 3 rings (SSSR count). The first-order valence-electron chi connectivity index (χ1n) is 7.66. The Hall–Kier alpha value is -2.36. The molecule has 8 nitrogen and oxygen atoms in total. The van der Waals surface area contributed by atoms with Crippen molar-refractivity contribution in [3.05, 3.63) is 52.9 Å². The third-order valence-corrected chi connectivity index (χ3v) is 6.20. The number of rotatable bonds is 4. The number of halogens is 1. The van der Waals surface area contributed by atoms with Crippen LogP contribution in [0.2, 0.25) is 5.02 Å². The minimum absolute atomic E-state index is 0.0867. The van der Waals surface area contributed by atoms with Crippen molar-refractivity contribution in [1.29, 1.82) is 0 Å². The van der Waals surface area contributed by atoms with Crippen LogP contribution in [-0.2, 0) is 10.0 Å². The Morgan fingerprint density at radius 1 is 1.08 bits per heavy atom. The highest BCUT2D eigenvalue weighted by Gasteiger charge is 2.31. The molecule has 2 heterocycles. The van der Waals surface area contributed by atoms with Crippen molar-refractivity contribution in [2.75, 3.05) is 26.2 Å². The highest BCUT2D eigenvalue weighted by Crippen LogP contribution is 2.20. The van der Waals surface area contributed by atoms with Gasteiger partial charge in [-0.15, -0.1) is 0 Å². The zero-order valence-corrected chi connectivity index (χ0v) is 15.0. The van der Waals surface area contributed by atoms with Gasteiger partial charge in [-0.3, -0.25) is 4.79 Å². The van der Waals surface area contributed by atoms with E-state index in [2.05, 4.69) is 0 Å². The fraction of sp³-hybridized carbons (Fsp3) is 0.250. The molecule has 1 aromatic heterocycles. The van der Waals surface area contributed by atoms with Crippen LogP contribution < -0.4 is 0 Å². The van der Waals surface area contributed by atoms with E-state index in [-0.39, 0.29) is 42.4 Å². The Labute approximate surface area is 154 Å². The van der Waals surface area contributed by atoms with Crippen LogP contribution in [0.5, 0.6) is 0 Å². The molecule has 0 aliphatic carbocycles. The molecule has 1 aliphatic heterocycles. The second-order valence-electron chi connectivity index (χ2n) is 5.65. The number of furan rings is 1. The SMILES string of the molecule is O=C(O)c1coc(C(=O)N2CCN(S(=O)(=O)c3ccc(Cl)cc3)CC2)c1. The smallest absolute Gasteiger partial charge is 0.338 e. The fourth-order valence-corrected chi connectivity index (χ4v) is 4.15. The van der Waals surface area contributed by atoms with Gasteiger partial charge in [0.15, 0.2) is 5.76 Å². The van der Waals surface area contributed by atoms with Gasteiger partial charge in [0.05, 0.1) is 10.5 Å². The molecule has 1 aliphatic rings. The van der Waals surface area contributed by atoms with E-state index in [0.29, 0.717) is 5.02 Å². The van der Waals surface area contributed by atoms with Crippen molar-refractivity contribution in [1.82, 2.24) is 9.21 Å². The zero-order valence-electron chi connectivity index (χ0n) is 13.5. The number of amides is 1. The van der Waals surface area contributed by atoms with Crippen LogP contribution in [0.1, 0.15) is 20.9 Å². The zero-order chi connectivity index (χ0) is 18.9. The number of piperazine rings is 1. The van der Waals surface area contributed by atoms with Crippen LogP contribution in [0.3, 0.4) is 0 Å². The summed E-state index contributed by atoms with van der Waals surface area (Å²) >= 11 is 5.78. The molecular formula is C16H15ClN2O6S. The summed E-state index contributed by atoms with van der Waals surface area (Å²) in [5, 5.41) is 9.32. The molecule has 0 spiro atoms. The Kier molecular flexibility index (Phi) is 5.03. The van der Waals surface area contributed by atoms with Crippen molar-refractivity contribution in [3.8, 4) is 0 Å². The number of carbonyl (C=O) groups is 2. The summed E-state index contributed by atoms with van der Waals surface area (Å²) in [7, 11) is -3.66. The van der Waals surface area contributed by atoms with Crippen LogP contribution in [0.15, 0.2) is 45.9 Å². The Bertz CT molecular complexity index is 930. The summed E-state index contributed by atoms with van der Waals surface area (Å²) in [4.78, 5) is 24.8. The predicted octanol–water partition coefficient (Wildman–Crippen LogP) is 1.78. The molecule has 26 heavy (non-hydrogen) atoms. The number of sulfonamides is 1. The fourth-order valence-electron chi connectivity index (χ4n) is 2.60. The van der Waals surface area contributed by atoms with E-state index in [1.54, 1.807) is 0 Å². The van der Waals surface area contributed by atoms with Gasteiger partial charge in [0.1, 0.15) is 6.26 Å². The average molecular weight is 399 g/mol. The maximum absolute atomic E-state index is 12.6. The van der Waals surface area contributed by atoms with Gasteiger partial charge in [0, 0.05) is 37.3 Å². The van der Waals surface area contributed by atoms with Gasteiger partial charge >= 0.3 is 5.97 Å². The maximum atomic E-state index is 12.6. The van der Waals surface area contributed by atoms with E-state index in [1.807, 2.05) is 0 Å². The normalized spacial score (nSPS) is 15.8. The molecule has 10 heteroatoms. The molecule has 0 saturated carbocycles. The summed E-state index contributed by atoms with van der Waals surface area (Å²) in [6.07, 6.45) is 0.997. The molecule has 0 atom stereocenters. The molecule has 1 aromatic carbocycles. The van der Waals surface area contributed by atoms with E-state index in [1.165, 1.54) is 33.5 Å². The average Bonchev–Trinajstić information content (AvgIpc) is 3.12. The van der Waals surface area contributed by atoms with E-state index in [4.69, 9.17) is 21.1 Å². The van der Waals surface area contributed by atoms with E-state index >= 15 is 0 Å². The van der Waals surface area contributed by atoms with Crippen LogP contribution >= 0.6 is 11.6 Å². The third-order valence-electron chi connectivity index (χ3n) is 4.03. The second kappa shape index (κ2) is 7.10. The first-order chi connectivity index (χ1) is 12.3. The number of carboxylic acid groups (broad SMARTS) is 1. The molecule has 0 unspecified atom stereocenters. The Morgan fingerprint density at radius 2 is 1.69 bits per heavy atom. The molecule has 2 aromatic rings. The lowest BCUT2D eigenvalue weighted by atomic mass is 10.2. The number of benzene rings is 1. The number of aromatic carboxylic acids is 1. The lowest BCUT2D eigenvalue weighted by molar-refractivity contribution is 0.0664. The Balaban J connectivity index is 1.67. The lowest BCUT2D eigenvalue weighted by Gasteiger charge is -2.33. The van der Waals surface area contributed by atoms with E-state index in [9.17, 15) is 18.0 Å². The number of nitrogens with zero attached hydrogens (tertiary/aromatic N) is 2. The van der Waals surface area contributed by atoms with Crippen LogP contribution in [0.4, 0.5) is 0 Å². The van der Waals surface area contributed by atoms with Crippen molar-refractivity contribution in [3.63, 3.8) is 0 Å². The first kappa shape index (κ1) is 18.4. The summed E-state index contributed by atoms with van der Waals surface area (Å²) in [5.74, 6) is -1.75. The van der Waals surface area contributed by atoms with Gasteiger partial charge in [-0.1, -0.05) is 11.6 Å². The first-order valence-corrected chi connectivity index (χ1v) is 9.47. The minimum Gasteiger partial charge on any atom is -0.478 e. The van der Waals surface area contributed by atoms with Crippen molar-refractivity contribution < 1.29 is 27.5 Å². The van der Waals surface area contributed by atoms with Crippen LogP contribution in [0, 0.1) is 0 Å². The van der Waals surface area contributed by atoms with Crippen molar-refractivity contribution >= 4 is 33.5 Å². The molecule has 1 amide bonds. The Morgan fingerprint density at radius 3 is 2.23 bits per heavy atom. The summed E-state index contributed by atoms with van der Waals surface area (Å²) in [5.41, 5.74) is -0.114. The van der Waals surface area contributed by atoms with Gasteiger partial charge in [0.2, 0.25) is 10.0 Å². The summed E-state index contributed by atoms with van der Waals surface area (Å²) in [6, 6.07) is 7.04. The molecular weight excluding hydrogens is 384 g/mol. The number of hydrogen-bond acceptors (Lipinski definition) is 5. The highest BCUT2D eigenvalue weighted by atomic mass is 35.5. The highest BCUT2D eigenvalue weighted by molar-refractivity contribution is 7.89. The van der Waals surface area contributed by atoms with Crippen LogP contribution in [0.25, 0.3) is 0 Å². The topological polar surface area (TPSA) is 108 Å². The van der Waals surface area contributed by atoms with Gasteiger partial charge in [-0.05, 0) is 24.3 Å². The van der Waals surface area contributed by atoms with Gasteiger partial charge in [-0.25, -0.2) is 13.2 Å². The summed E-state index contributed by atoms with van der Waals surface area (Å²) in [6.45, 7) is 0.607. The third kappa shape index (κ3) is 3.59. The van der Waals surface area contributed by atoms with E-state index < -0.39 is 21.9 Å². The van der Waals surface area contributed by atoms with Gasteiger partial charge < -0.3 is 14.4 Å². The standard InChI is InChI=1S/C16H15ClN2O6S/c17-12-1-3-13(4-2-12)26(23,24)19-7-5-18(6-8-19)15(20)14-9-11(10-25-14)16(21)22/h1-4,9-10H,5-8H2,(H,21,22). The minimum atomic E-state index is -3.66. The molecule has 1 N–H and O–H groups in total. The van der Waals surface area contributed by atoms with Gasteiger partial charge in [0.25, 0.3) is 5.91 Å². The number of hydrogen-bond donors (Lipinski definition) is 1. The lowest BCUT2D eigenvalue weighted by Crippen LogP contribution is -2.50. The molecule has 1 saturated heterocycles. The molecule has 1 fully saturated rings. The molecule has 0 bridgehead atoms. The monoisotopic (exact) mass is 398 g/mol. The van der Waals surface area contributed by atoms with Crippen molar-refractivity contribution in [2.45, 2.75) is 4.90 Å². The van der Waals surface area contributed by atoms with Crippen molar-refractivity contribution in [2.24, 2.45) is 0 Å². The van der Waals surface area contributed by atoms with E-state index in [0.717, 1.165) is 12.3 Å². The molecule has 138 valence electrons. The summed E-state index contributed by atoms with van der Waals surface area (Å²) < 4.78 is 31.5. The quantitative estimate of drug-likeness (QED) is 0.840. The predicted molar refractivity (Wildman–Crippen MR) is 91.8 cm³/mol. The number of carbonyl (C=O) groups excluding carboxylic acids is 1. The number of carboxylic acids is 1. The second-order valence-corrected chi connectivity index (χ2v) is 8.03. The van der Waals surface area contributed by atoms with Crippen LogP contribution in [-0.4, -0.2) is 60.8 Å². The van der Waals surface area contributed by atoms with Gasteiger partial charge in [-0.2, -0.15) is 4.31 Å². The maximum Gasteiger partial charge on any atom is 0.338 e. The molecule has 0 radical (unpaired) electrons. The largest absolute Gasteiger partial charge is 0.478 e.